The molecule has 0 atom stereocenters. The van der Waals surface area contributed by atoms with Crippen LogP contribution in [0.4, 0.5) is 0 Å². The fourth-order valence-electron chi connectivity index (χ4n) is 3.29. The molecule has 12 heteroatoms. The Balaban J connectivity index is 2.18. The highest BCUT2D eigenvalue weighted by Crippen LogP contribution is 2.34. The average Bonchev–Trinajstić information content (AvgIpc) is 3.15. The maximum Gasteiger partial charge on any atom is 0.339 e. The summed E-state index contributed by atoms with van der Waals surface area (Å²) in [5.74, 6) is -0.0325. The van der Waals surface area contributed by atoms with E-state index in [0.717, 1.165) is 24.6 Å². The second-order valence-electron chi connectivity index (χ2n) is 7.14. The maximum atomic E-state index is 13.3. The van der Waals surface area contributed by atoms with Gasteiger partial charge in [0.05, 0.1) is 33.9 Å². The van der Waals surface area contributed by atoms with Crippen LogP contribution in [0.5, 0.6) is 5.75 Å². The molecule has 7 nitrogen and oxygen atoms in total. The monoisotopic (exact) mass is 652 g/mol. The number of carbonyl (C=O) groups excluding carboxylic acids is 1. The molecule has 0 fully saturated rings. The highest BCUT2D eigenvalue weighted by atomic mass is 79.9. The highest BCUT2D eigenvalue weighted by Gasteiger charge is 2.21. The van der Waals surface area contributed by atoms with E-state index in [-0.39, 0.29) is 21.9 Å². The molecule has 0 saturated carbocycles. The van der Waals surface area contributed by atoms with Gasteiger partial charge in [-0.25, -0.2) is 4.79 Å². The van der Waals surface area contributed by atoms with Crippen LogP contribution in [0.2, 0.25) is 5.02 Å². The van der Waals surface area contributed by atoms with Crippen LogP contribution in [0.25, 0.3) is 10.2 Å². The molecule has 34 heavy (non-hydrogen) atoms. The number of hydrogen-bond acceptors (Lipinski definition) is 6. The lowest BCUT2D eigenvalue weighted by atomic mass is 10.2. The Hall–Kier alpha value is -1.40. The number of ether oxygens (including phenoxy) is 2. The smallest absolute Gasteiger partial charge is 0.339 e. The molecule has 0 spiro atoms. The highest BCUT2D eigenvalue weighted by molar-refractivity contribution is 9.10. The van der Waals surface area contributed by atoms with E-state index in [1.807, 2.05) is 4.57 Å². The molecule has 0 bridgehead atoms. The predicted molar refractivity (Wildman–Crippen MR) is 142 cm³/mol. The minimum Gasteiger partial charge on any atom is -0.495 e. The van der Waals surface area contributed by atoms with Crippen molar-refractivity contribution in [2.45, 2.75) is 37.6 Å². The molecular weight excluding hydrogens is 632 g/mol. The van der Waals surface area contributed by atoms with Gasteiger partial charge >= 0.3 is 5.97 Å². The van der Waals surface area contributed by atoms with Gasteiger partial charge in [0.15, 0.2) is 0 Å². The summed E-state index contributed by atoms with van der Waals surface area (Å²) in [7, 11) is -2.59. The first-order valence-electron chi connectivity index (χ1n) is 10.4. The van der Waals surface area contributed by atoms with E-state index in [0.29, 0.717) is 32.0 Å². The summed E-state index contributed by atoms with van der Waals surface area (Å²) in [6.45, 7) is 2.40. The minimum absolute atomic E-state index is 0.111. The van der Waals surface area contributed by atoms with E-state index >= 15 is 0 Å². The molecule has 0 aliphatic heterocycles. The number of hydrogen-bond donors (Lipinski definition) is 0. The lowest BCUT2D eigenvalue weighted by Gasteiger charge is -2.09. The Bertz CT molecular complexity index is 1370. The number of aryl methyl sites for hydroxylation is 1. The van der Waals surface area contributed by atoms with E-state index < -0.39 is 16.0 Å². The molecule has 3 rings (SSSR count). The van der Waals surface area contributed by atoms with Crippen molar-refractivity contribution in [3.05, 3.63) is 50.2 Å². The normalized spacial score (nSPS) is 12.3. The third kappa shape index (κ3) is 6.04. The van der Waals surface area contributed by atoms with Gasteiger partial charge in [0.1, 0.15) is 11.3 Å². The fourth-order valence-corrected chi connectivity index (χ4v) is 6.67. The first-order valence-corrected chi connectivity index (χ1v) is 15.0. The van der Waals surface area contributed by atoms with Gasteiger partial charge in [-0.1, -0.05) is 45.3 Å². The topological polar surface area (TPSA) is 87.0 Å². The molecule has 0 aliphatic rings. The summed E-state index contributed by atoms with van der Waals surface area (Å²) < 4.78 is 44.2. The average molecular weight is 655 g/mol. The fraction of sp³-hybridized carbons (Fsp3) is 0.364. The number of thiazole rings is 1. The summed E-state index contributed by atoms with van der Waals surface area (Å²) in [6.07, 6.45) is 2.78. The zero-order valence-electron chi connectivity index (χ0n) is 18.5. The number of sulfonamides is 1. The number of carbonyl (C=O) groups is 1. The van der Waals surface area contributed by atoms with Crippen LogP contribution in [-0.4, -0.2) is 38.0 Å². The van der Waals surface area contributed by atoms with Gasteiger partial charge in [-0.05, 0) is 66.0 Å². The Morgan fingerprint density at radius 3 is 2.65 bits per heavy atom. The van der Waals surface area contributed by atoms with Crippen LogP contribution in [0.3, 0.4) is 0 Å². The lowest BCUT2D eigenvalue weighted by Crippen LogP contribution is -2.18. The minimum atomic E-state index is -4.14. The summed E-state index contributed by atoms with van der Waals surface area (Å²) in [5.41, 5.74) is 0.817. The number of fused-ring (bicyclic) bond motifs is 1. The molecule has 0 N–H and O–H groups in total. The van der Waals surface area contributed by atoms with Crippen LogP contribution >= 0.6 is 54.8 Å². The quantitative estimate of drug-likeness (QED) is 0.149. The van der Waals surface area contributed by atoms with Crippen LogP contribution in [0.1, 0.15) is 36.5 Å². The SMILES string of the molecule is CCOC(=O)c1cc(S(=O)(=O)/N=c2/sc3c(Cl)ccc(OC)c3n2CCCCCBr)ccc1Br. The van der Waals surface area contributed by atoms with Crippen molar-refractivity contribution in [3.63, 3.8) is 0 Å². The van der Waals surface area contributed by atoms with Crippen molar-refractivity contribution >= 4 is 81.0 Å². The molecule has 1 aromatic heterocycles. The molecule has 2 aromatic carbocycles. The van der Waals surface area contributed by atoms with Crippen LogP contribution in [0.15, 0.2) is 44.1 Å². The number of alkyl halides is 1. The van der Waals surface area contributed by atoms with E-state index in [1.54, 1.807) is 26.2 Å². The predicted octanol–water partition coefficient (Wildman–Crippen LogP) is 6.16. The number of rotatable bonds is 10. The van der Waals surface area contributed by atoms with Gasteiger partial charge in [0.25, 0.3) is 10.0 Å². The van der Waals surface area contributed by atoms with E-state index in [2.05, 4.69) is 36.3 Å². The zero-order chi connectivity index (χ0) is 24.9. The number of halogens is 3. The van der Waals surface area contributed by atoms with Gasteiger partial charge < -0.3 is 14.0 Å². The van der Waals surface area contributed by atoms with Crippen LogP contribution in [-0.2, 0) is 21.3 Å². The molecule has 0 unspecified atom stereocenters. The maximum absolute atomic E-state index is 13.3. The van der Waals surface area contributed by atoms with Crippen molar-refractivity contribution in [3.8, 4) is 5.75 Å². The largest absolute Gasteiger partial charge is 0.495 e. The second-order valence-corrected chi connectivity index (χ2v) is 11.8. The molecule has 0 aliphatic carbocycles. The van der Waals surface area contributed by atoms with Crippen LogP contribution in [0, 0.1) is 0 Å². The van der Waals surface area contributed by atoms with Gasteiger partial charge in [0, 0.05) is 16.3 Å². The number of esters is 1. The van der Waals surface area contributed by atoms with Gasteiger partial charge in [-0.15, -0.1) is 4.40 Å². The Kier molecular flexibility index (Phi) is 9.62. The standard InChI is InChI=1S/C22H23Br2ClN2O5S2/c1-3-32-21(28)15-13-14(7-8-16(15)24)34(29,30)26-22-27(12-6-4-5-11-23)19-18(31-2)10-9-17(25)20(19)33-22/h7-10,13H,3-6,11-12H2,1-2H3/b26-22+. The number of nitrogens with zero attached hydrogens (tertiary/aromatic N) is 2. The Morgan fingerprint density at radius 1 is 1.21 bits per heavy atom. The summed E-state index contributed by atoms with van der Waals surface area (Å²) >= 11 is 14.3. The molecule has 0 radical (unpaired) electrons. The van der Waals surface area contributed by atoms with E-state index in [9.17, 15) is 13.2 Å². The van der Waals surface area contributed by atoms with Crippen LogP contribution < -0.4 is 9.54 Å². The first-order chi connectivity index (χ1) is 16.2. The third-order valence-electron chi connectivity index (χ3n) is 4.91. The summed E-state index contributed by atoms with van der Waals surface area (Å²) in [6, 6.07) is 7.63. The van der Waals surface area contributed by atoms with Gasteiger partial charge in [-0.3, -0.25) is 0 Å². The number of methoxy groups -OCH3 is 1. The zero-order valence-corrected chi connectivity index (χ0v) is 24.1. The van der Waals surface area contributed by atoms with Gasteiger partial charge in [-0.2, -0.15) is 8.42 Å². The summed E-state index contributed by atoms with van der Waals surface area (Å²) in [4.78, 5) is 12.4. The second kappa shape index (κ2) is 12.0. The molecule has 0 amide bonds. The molecule has 184 valence electrons. The van der Waals surface area contributed by atoms with Crippen molar-refractivity contribution in [1.82, 2.24) is 4.57 Å². The molecule has 1 heterocycles. The lowest BCUT2D eigenvalue weighted by molar-refractivity contribution is 0.0525. The Labute approximate surface area is 224 Å². The number of unbranched alkanes of at least 4 members (excludes halogenated alkanes) is 2. The molecular formula is C22H23Br2ClN2O5S2. The molecule has 3 aromatic rings. The number of aromatic nitrogens is 1. The van der Waals surface area contributed by atoms with Crippen molar-refractivity contribution in [2.24, 2.45) is 4.40 Å². The van der Waals surface area contributed by atoms with E-state index in [4.69, 9.17) is 21.1 Å². The molecule has 0 saturated heterocycles. The van der Waals surface area contributed by atoms with Crippen molar-refractivity contribution < 1.29 is 22.7 Å². The van der Waals surface area contributed by atoms with E-state index in [1.165, 1.54) is 29.5 Å². The van der Waals surface area contributed by atoms with Crippen molar-refractivity contribution in [2.75, 3.05) is 19.0 Å². The van der Waals surface area contributed by atoms with Gasteiger partial charge in [0.2, 0.25) is 4.80 Å². The summed E-state index contributed by atoms with van der Waals surface area (Å²) in [5, 5.41) is 1.39. The Morgan fingerprint density at radius 2 is 1.97 bits per heavy atom. The number of benzene rings is 2. The third-order valence-corrected chi connectivity index (χ3v) is 9.07. The van der Waals surface area contributed by atoms with Crippen molar-refractivity contribution in [1.29, 1.82) is 0 Å². The first kappa shape index (κ1) is 27.2.